The molecule has 1 rings (SSSR count). The fourth-order valence-corrected chi connectivity index (χ4v) is 2.22. The maximum atomic E-state index is 11.5. The molecule has 1 aliphatic heterocycles. The van der Waals surface area contributed by atoms with Crippen LogP contribution >= 0.6 is 15.9 Å². The van der Waals surface area contributed by atoms with E-state index in [1.165, 1.54) is 0 Å². The number of halogens is 1. The monoisotopic (exact) mass is 243 g/mol. The number of carbonyl (C=O) groups excluding carboxylic acids is 1. The lowest BCUT2D eigenvalue weighted by molar-refractivity contribution is -0.128. The lowest BCUT2D eigenvalue weighted by Crippen LogP contribution is -2.41. The SMILES string of the molecule is CC1CN(C(=O)C#CBr)C(C)(C)C1. The van der Waals surface area contributed by atoms with Gasteiger partial charge in [-0.25, -0.2) is 0 Å². The van der Waals surface area contributed by atoms with Gasteiger partial charge in [0.1, 0.15) is 0 Å². The third kappa shape index (κ3) is 2.25. The van der Waals surface area contributed by atoms with E-state index in [4.69, 9.17) is 0 Å². The second kappa shape index (κ2) is 3.71. The first kappa shape index (κ1) is 10.6. The number of amides is 1. The lowest BCUT2D eigenvalue weighted by Gasteiger charge is -2.29. The average molecular weight is 244 g/mol. The first-order valence-electron chi connectivity index (χ1n) is 4.40. The van der Waals surface area contributed by atoms with Crippen LogP contribution in [0.3, 0.4) is 0 Å². The fraction of sp³-hybridized carbons (Fsp3) is 0.700. The van der Waals surface area contributed by atoms with Crippen molar-refractivity contribution < 1.29 is 4.79 Å². The van der Waals surface area contributed by atoms with E-state index in [2.05, 4.69) is 47.5 Å². The maximum Gasteiger partial charge on any atom is 0.299 e. The van der Waals surface area contributed by atoms with Gasteiger partial charge in [0.25, 0.3) is 5.91 Å². The molecule has 1 atom stereocenters. The zero-order chi connectivity index (χ0) is 10.1. The Morgan fingerprint density at radius 1 is 1.62 bits per heavy atom. The number of hydrogen-bond acceptors (Lipinski definition) is 1. The van der Waals surface area contributed by atoms with Crippen LogP contribution in [0.25, 0.3) is 0 Å². The number of rotatable bonds is 0. The van der Waals surface area contributed by atoms with Crippen molar-refractivity contribution in [3.63, 3.8) is 0 Å². The Balaban J connectivity index is 2.79. The number of likely N-dealkylation sites (tertiary alicyclic amines) is 1. The zero-order valence-electron chi connectivity index (χ0n) is 8.22. The predicted octanol–water partition coefficient (Wildman–Crippen LogP) is 1.99. The van der Waals surface area contributed by atoms with Gasteiger partial charge in [0.2, 0.25) is 0 Å². The highest BCUT2D eigenvalue weighted by Gasteiger charge is 2.38. The Labute approximate surface area is 87.8 Å². The molecular weight excluding hydrogens is 230 g/mol. The van der Waals surface area contributed by atoms with E-state index in [9.17, 15) is 4.79 Å². The standard InChI is InChI=1S/C10H14BrNO/c1-8-6-10(2,3)12(7-8)9(13)4-5-11/h8H,6-7H2,1-3H3. The minimum atomic E-state index is -0.0776. The molecule has 0 aromatic carbocycles. The third-order valence-corrected chi connectivity index (χ3v) is 2.67. The first-order valence-corrected chi connectivity index (χ1v) is 5.20. The Hall–Kier alpha value is -0.490. The molecule has 0 N–H and O–H groups in total. The molecule has 0 saturated carbocycles. The highest BCUT2D eigenvalue weighted by Crippen LogP contribution is 2.31. The molecule has 0 aromatic heterocycles. The van der Waals surface area contributed by atoms with Crippen LogP contribution in [0, 0.1) is 16.7 Å². The number of hydrogen-bond donors (Lipinski definition) is 0. The van der Waals surface area contributed by atoms with Gasteiger partial charge in [-0.3, -0.25) is 4.79 Å². The third-order valence-electron chi connectivity index (χ3n) is 2.47. The van der Waals surface area contributed by atoms with Gasteiger partial charge in [0, 0.05) is 33.9 Å². The summed E-state index contributed by atoms with van der Waals surface area (Å²) in [5.74, 6) is 3.02. The van der Waals surface area contributed by atoms with Crippen molar-refractivity contribution in [1.29, 1.82) is 0 Å². The molecule has 1 heterocycles. The first-order chi connectivity index (χ1) is 5.97. The van der Waals surface area contributed by atoms with Gasteiger partial charge in [-0.15, -0.1) is 0 Å². The van der Waals surface area contributed by atoms with Crippen molar-refractivity contribution in [3.8, 4) is 10.8 Å². The lowest BCUT2D eigenvalue weighted by atomic mass is 9.98. The molecule has 0 spiro atoms. The summed E-state index contributed by atoms with van der Waals surface area (Å²) in [6.45, 7) is 7.17. The van der Waals surface area contributed by atoms with Gasteiger partial charge in [0.15, 0.2) is 0 Å². The molecule has 13 heavy (non-hydrogen) atoms. The highest BCUT2D eigenvalue weighted by molar-refractivity contribution is 9.12. The summed E-state index contributed by atoms with van der Waals surface area (Å²) in [4.78, 5) is 15.9. The van der Waals surface area contributed by atoms with Gasteiger partial charge in [0.05, 0.1) is 0 Å². The largest absolute Gasteiger partial charge is 0.326 e. The summed E-state index contributed by atoms with van der Waals surface area (Å²) in [5.41, 5.74) is -0.0344. The smallest absolute Gasteiger partial charge is 0.299 e. The predicted molar refractivity (Wildman–Crippen MR) is 56.3 cm³/mol. The molecule has 0 radical (unpaired) electrons. The van der Waals surface area contributed by atoms with Crippen LogP contribution in [-0.2, 0) is 4.79 Å². The number of nitrogens with zero attached hydrogens (tertiary/aromatic N) is 1. The normalized spacial score (nSPS) is 25.2. The van der Waals surface area contributed by atoms with E-state index in [0.717, 1.165) is 13.0 Å². The molecule has 1 fully saturated rings. The number of carbonyl (C=O) groups is 1. The second-order valence-corrected chi connectivity index (χ2v) is 4.65. The Bertz CT molecular complexity index is 274. The topological polar surface area (TPSA) is 20.3 Å². The van der Waals surface area contributed by atoms with Crippen molar-refractivity contribution in [2.24, 2.45) is 5.92 Å². The summed E-state index contributed by atoms with van der Waals surface area (Å²) >= 11 is 2.94. The molecule has 1 unspecified atom stereocenters. The molecule has 1 aliphatic rings. The van der Waals surface area contributed by atoms with Crippen LogP contribution in [0.1, 0.15) is 27.2 Å². The van der Waals surface area contributed by atoms with E-state index in [0.29, 0.717) is 5.92 Å². The van der Waals surface area contributed by atoms with Gasteiger partial charge < -0.3 is 4.90 Å². The molecule has 0 bridgehead atoms. The second-order valence-electron chi connectivity index (χ2n) is 4.26. The molecule has 2 nitrogen and oxygen atoms in total. The highest BCUT2D eigenvalue weighted by atomic mass is 79.9. The van der Waals surface area contributed by atoms with Crippen LogP contribution in [0.4, 0.5) is 0 Å². The molecule has 1 amide bonds. The van der Waals surface area contributed by atoms with Gasteiger partial charge in [-0.05, 0) is 31.0 Å². The molecule has 0 aliphatic carbocycles. The summed E-state index contributed by atoms with van der Waals surface area (Å²) in [5, 5.41) is 0. The molecular formula is C10H14BrNO. The van der Waals surface area contributed by atoms with E-state index in [1.807, 2.05) is 4.90 Å². The average Bonchev–Trinajstić information content (AvgIpc) is 2.24. The van der Waals surface area contributed by atoms with Gasteiger partial charge in [-0.1, -0.05) is 6.92 Å². The summed E-state index contributed by atoms with van der Waals surface area (Å²) in [6.07, 6.45) is 1.06. The van der Waals surface area contributed by atoms with Crippen LogP contribution in [0.2, 0.25) is 0 Å². The quantitative estimate of drug-likeness (QED) is 0.597. The van der Waals surface area contributed by atoms with Gasteiger partial charge in [-0.2, -0.15) is 0 Å². The van der Waals surface area contributed by atoms with Crippen molar-refractivity contribution >= 4 is 21.8 Å². The van der Waals surface area contributed by atoms with E-state index in [-0.39, 0.29) is 11.4 Å². The molecule has 1 saturated heterocycles. The molecule has 72 valence electrons. The van der Waals surface area contributed by atoms with Crippen molar-refractivity contribution in [3.05, 3.63) is 0 Å². The maximum absolute atomic E-state index is 11.5. The Morgan fingerprint density at radius 3 is 2.62 bits per heavy atom. The summed E-state index contributed by atoms with van der Waals surface area (Å²) < 4.78 is 0. The fourth-order valence-electron chi connectivity index (χ4n) is 2.05. The van der Waals surface area contributed by atoms with Crippen molar-refractivity contribution in [2.45, 2.75) is 32.7 Å². The van der Waals surface area contributed by atoms with Crippen LogP contribution in [-0.4, -0.2) is 22.9 Å². The minimum Gasteiger partial charge on any atom is -0.326 e. The summed E-state index contributed by atoms with van der Waals surface area (Å²) in [6, 6.07) is 0. The summed E-state index contributed by atoms with van der Waals surface area (Å²) in [7, 11) is 0. The molecule has 0 aromatic rings. The minimum absolute atomic E-state index is 0.0344. The van der Waals surface area contributed by atoms with Crippen LogP contribution < -0.4 is 0 Å². The van der Waals surface area contributed by atoms with Crippen molar-refractivity contribution in [1.82, 2.24) is 4.90 Å². The molecule has 3 heteroatoms. The Morgan fingerprint density at radius 2 is 2.23 bits per heavy atom. The van der Waals surface area contributed by atoms with Gasteiger partial charge >= 0.3 is 0 Å². The Kier molecular flexibility index (Phi) is 3.02. The van der Waals surface area contributed by atoms with Crippen LogP contribution in [0.15, 0.2) is 0 Å². The van der Waals surface area contributed by atoms with E-state index < -0.39 is 0 Å². The zero-order valence-corrected chi connectivity index (χ0v) is 9.81. The van der Waals surface area contributed by atoms with E-state index >= 15 is 0 Å². The van der Waals surface area contributed by atoms with Crippen LogP contribution in [0.5, 0.6) is 0 Å². The van der Waals surface area contributed by atoms with Crippen molar-refractivity contribution in [2.75, 3.05) is 6.54 Å². The van der Waals surface area contributed by atoms with E-state index in [1.54, 1.807) is 0 Å².